The van der Waals surface area contributed by atoms with Crippen LogP contribution in [-0.2, 0) is 27.1 Å². The Balaban J connectivity index is 0.000000163. The number of ketones is 2. The minimum absolute atomic E-state index is 0.0538. The number of thiophene rings is 2. The maximum absolute atomic E-state index is 13.1. The number of likely N-dealkylation sites (N-methyl/N-ethyl adjacent to an activating group) is 4. The number of carboxylic acid groups (broad SMARTS) is 1. The SMILES string of the molecule is CN1CCN(c2cnc(C(=O)Cc3cc(-c4cccs4)ccc3N)nc2)CC1.CN1CCN(c2cnc(C(=O)Cc3cc(-c4cccs4)ccc3NC(=O)OC(C)(C)C)nc2)CC1.CN1CCN(c2cnc(C(=O)O)nc2)CC1.COC(=O)c1ncc(Br)cn1.COC(=O)c1ncc(N2CCN(C)CC2)cn1. The number of hydrogen-bond donors (Lipinski definition) is 3. The molecule has 0 bridgehead atoms. The van der Waals surface area contributed by atoms with Gasteiger partial charge in [0.15, 0.2) is 11.6 Å². The van der Waals surface area contributed by atoms with Crippen molar-refractivity contribution in [3.05, 3.63) is 178 Å². The molecule has 4 fully saturated rings. The molecule has 4 aliphatic heterocycles. The molecule has 0 spiro atoms. The molecule has 0 atom stereocenters. The van der Waals surface area contributed by atoms with Crippen molar-refractivity contribution in [1.82, 2.24) is 69.4 Å². The maximum Gasteiger partial charge on any atom is 0.412 e. The second kappa shape index (κ2) is 39.3. The molecule has 107 heavy (non-hydrogen) atoms. The molecular formula is C74H89BrN20O10S2. The van der Waals surface area contributed by atoms with Crippen molar-refractivity contribution >= 4 is 108 Å². The van der Waals surface area contributed by atoms with Crippen LogP contribution >= 0.6 is 38.6 Å². The lowest BCUT2D eigenvalue weighted by Crippen LogP contribution is -2.44. The Morgan fingerprint density at radius 2 is 0.794 bits per heavy atom. The molecule has 7 aromatic heterocycles. The first-order valence-electron chi connectivity index (χ1n) is 34.4. The number of Topliss-reactive ketones (excluding diaryl/α,β-unsaturated/α-hetero) is 2. The quantitative estimate of drug-likeness (QED) is 0.0352. The van der Waals surface area contributed by atoms with Gasteiger partial charge in [0.1, 0.15) is 5.60 Å². The summed E-state index contributed by atoms with van der Waals surface area (Å²) in [5.41, 5.74) is 13.9. The lowest BCUT2D eigenvalue weighted by Gasteiger charge is -2.33. The standard InChI is InChI=1S/C26H31N5O3S.C21H23N5OS.C11H16N4O2.C10H14N4O2.C6H5BrN2O2/c1-26(2,3)34-25(33)29-21-8-7-18(23-6-5-13-35-23)14-19(21)15-22(32)24-27-16-20(17-28-24)31-11-9-30(4)10-12-31;1-25-6-8-26(9-7-25)17-13-23-21(24-14-17)19(27)12-16-11-15(4-5-18(16)22)20-3-2-10-28-20;1-14-3-5-15(6-4-14)9-7-12-10(13-8-9)11(16)17-2;1-13-2-4-14(5-3-13)8-6-11-9(10(15)16)12-7-8;1-11-6(10)5-8-2-4(7)3-9-5/h5-8,13-14,16-17H,9-12,15H2,1-4H3,(H,29,33);2-5,10-11,13-14H,6-9,12,22H2,1H3;7-8H,3-6H2,1-2H3;6-7H,2-5H2,1H3,(H,15,16);2-3H,1H3. The van der Waals surface area contributed by atoms with Crippen molar-refractivity contribution in [1.29, 1.82) is 0 Å². The number of nitrogens with two attached hydrogens (primary N) is 1. The van der Waals surface area contributed by atoms with E-state index in [0.29, 0.717) is 16.9 Å². The lowest BCUT2D eigenvalue weighted by molar-refractivity contribution is 0.0578. The number of methoxy groups -OCH3 is 2. The first-order chi connectivity index (χ1) is 51.4. The number of esters is 2. The van der Waals surface area contributed by atoms with Gasteiger partial charge in [0.2, 0.25) is 29.0 Å². The molecule has 0 aliphatic carbocycles. The zero-order valence-electron chi connectivity index (χ0n) is 61.4. The monoisotopic (exact) mass is 1560 g/mol. The number of aromatic carboxylic acids is 1. The predicted molar refractivity (Wildman–Crippen MR) is 416 cm³/mol. The van der Waals surface area contributed by atoms with E-state index in [1.807, 2.05) is 59.3 Å². The Labute approximate surface area is 638 Å². The second-order valence-corrected chi connectivity index (χ2v) is 29.1. The van der Waals surface area contributed by atoms with Crippen molar-refractivity contribution in [3.63, 3.8) is 0 Å². The third-order valence-electron chi connectivity index (χ3n) is 17.3. The molecule has 0 radical (unpaired) electrons. The van der Waals surface area contributed by atoms with Gasteiger partial charge in [-0.25, -0.2) is 69.0 Å². The van der Waals surface area contributed by atoms with E-state index in [9.17, 15) is 28.8 Å². The Morgan fingerprint density at radius 1 is 0.467 bits per heavy atom. The molecule has 30 nitrogen and oxygen atoms in total. The molecule has 4 N–H and O–H groups in total. The van der Waals surface area contributed by atoms with Gasteiger partial charge in [-0.15, -0.1) is 22.7 Å². The van der Waals surface area contributed by atoms with Gasteiger partial charge >= 0.3 is 24.0 Å². The van der Waals surface area contributed by atoms with E-state index in [2.05, 4.69) is 154 Å². The number of carbonyl (C=O) groups is 6. The number of amides is 1. The molecule has 13 rings (SSSR count). The van der Waals surface area contributed by atoms with Crippen LogP contribution in [0.3, 0.4) is 0 Å². The van der Waals surface area contributed by atoms with Gasteiger partial charge < -0.3 is 64.3 Å². The summed E-state index contributed by atoms with van der Waals surface area (Å²) < 4.78 is 15.1. The molecule has 1 amide bonds. The highest BCUT2D eigenvalue weighted by atomic mass is 79.9. The van der Waals surface area contributed by atoms with Crippen LogP contribution in [0.4, 0.5) is 38.9 Å². The maximum atomic E-state index is 13.1. The van der Waals surface area contributed by atoms with Gasteiger partial charge in [0.25, 0.3) is 0 Å². The average Bonchev–Trinajstić information content (AvgIpc) is 1.74. The van der Waals surface area contributed by atoms with Crippen LogP contribution in [0.25, 0.3) is 20.9 Å². The Morgan fingerprint density at radius 3 is 1.13 bits per heavy atom. The molecule has 564 valence electrons. The number of hydrogen-bond acceptors (Lipinski definition) is 30. The number of rotatable bonds is 16. The third kappa shape index (κ3) is 24.6. The fourth-order valence-corrected chi connectivity index (χ4v) is 12.7. The molecule has 0 saturated carbocycles. The highest BCUT2D eigenvalue weighted by Gasteiger charge is 2.24. The van der Waals surface area contributed by atoms with Gasteiger partial charge in [-0.05, 0) is 134 Å². The number of benzene rings is 2. The van der Waals surface area contributed by atoms with E-state index in [4.69, 9.17) is 15.6 Å². The van der Waals surface area contributed by atoms with Crippen molar-refractivity contribution < 1.29 is 48.1 Å². The highest BCUT2D eigenvalue weighted by molar-refractivity contribution is 9.10. The van der Waals surface area contributed by atoms with Gasteiger partial charge in [-0.2, -0.15) is 0 Å². The molecule has 2 aromatic carbocycles. The topological polar surface area (TPSA) is 343 Å². The number of halogens is 1. The fourth-order valence-electron chi connectivity index (χ4n) is 11.0. The van der Waals surface area contributed by atoms with Gasteiger partial charge in [-0.3, -0.25) is 14.9 Å². The number of carboxylic acids is 1. The molecule has 11 heterocycles. The van der Waals surface area contributed by atoms with Crippen molar-refractivity contribution in [3.8, 4) is 20.9 Å². The Hall–Kier alpha value is -10.4. The molecule has 0 unspecified atom stereocenters. The predicted octanol–water partition coefficient (Wildman–Crippen LogP) is 8.66. The highest BCUT2D eigenvalue weighted by Crippen LogP contribution is 2.32. The molecule has 4 saturated heterocycles. The molecular weight excluding hydrogens is 1470 g/mol. The Kier molecular flexibility index (Phi) is 29.6. The van der Waals surface area contributed by atoms with Gasteiger partial charge in [0.05, 0.1) is 91.0 Å². The Bertz CT molecular complexity index is 4340. The summed E-state index contributed by atoms with van der Waals surface area (Å²) in [7, 11) is 11.0. The molecule has 9 aromatic rings. The summed E-state index contributed by atoms with van der Waals surface area (Å²) in [5, 5.41) is 15.5. The van der Waals surface area contributed by atoms with Crippen LogP contribution in [0, 0.1) is 0 Å². The van der Waals surface area contributed by atoms with Crippen LogP contribution in [0.15, 0.2) is 138 Å². The second-order valence-electron chi connectivity index (χ2n) is 26.3. The number of nitrogens with one attached hydrogen (secondary N) is 1. The van der Waals surface area contributed by atoms with Crippen LogP contribution in [0.2, 0.25) is 0 Å². The van der Waals surface area contributed by atoms with Crippen LogP contribution in [0.1, 0.15) is 85.0 Å². The van der Waals surface area contributed by atoms with Crippen molar-refractivity contribution in [2.24, 2.45) is 0 Å². The number of nitrogen functional groups attached to an aromatic ring is 1. The number of anilines is 6. The van der Waals surface area contributed by atoms with Crippen molar-refractivity contribution in [2.75, 3.05) is 178 Å². The normalized spacial score (nSPS) is 14.9. The van der Waals surface area contributed by atoms with E-state index < -0.39 is 29.6 Å². The van der Waals surface area contributed by atoms with Crippen LogP contribution < -0.4 is 30.7 Å². The smallest absolute Gasteiger partial charge is 0.412 e. The summed E-state index contributed by atoms with van der Waals surface area (Å²) in [5.74, 6) is -2.06. The van der Waals surface area contributed by atoms with E-state index in [0.717, 1.165) is 158 Å². The van der Waals surface area contributed by atoms with Crippen LogP contribution in [-0.4, -0.2) is 263 Å². The summed E-state index contributed by atoms with van der Waals surface area (Å²) in [6.07, 6.45) is 16.1. The number of nitrogens with zero attached hydrogens (tertiary/aromatic N) is 18. The summed E-state index contributed by atoms with van der Waals surface area (Å²) in [6.45, 7) is 20.9. The van der Waals surface area contributed by atoms with Gasteiger partial charge in [0, 0.05) is 151 Å². The number of aromatic nitrogens is 10. The zero-order valence-corrected chi connectivity index (χ0v) is 64.6. The first-order valence-corrected chi connectivity index (χ1v) is 37.0. The van der Waals surface area contributed by atoms with Gasteiger partial charge in [-0.1, -0.05) is 24.3 Å². The van der Waals surface area contributed by atoms with E-state index in [1.54, 1.807) is 99.1 Å². The first kappa shape index (κ1) is 80.7. The number of ether oxygens (including phenoxy) is 3. The van der Waals surface area contributed by atoms with Crippen molar-refractivity contribution in [2.45, 2.75) is 39.2 Å². The summed E-state index contributed by atoms with van der Waals surface area (Å²) in [4.78, 5) is 131. The molecule has 33 heteroatoms. The number of carbonyl (C=O) groups excluding carboxylic acids is 5. The fraction of sp³-hybridized carbons (Fsp3) is 0.378. The van der Waals surface area contributed by atoms with E-state index >= 15 is 0 Å². The molecule has 4 aliphatic rings. The largest absolute Gasteiger partial charge is 0.475 e. The minimum atomic E-state index is -1.09. The third-order valence-corrected chi connectivity index (χ3v) is 19.5. The summed E-state index contributed by atoms with van der Waals surface area (Å²) in [6, 6.07) is 19.5. The zero-order chi connectivity index (χ0) is 76.6. The van der Waals surface area contributed by atoms with E-state index in [1.165, 1.54) is 26.6 Å². The number of piperazine rings is 4. The summed E-state index contributed by atoms with van der Waals surface area (Å²) >= 11 is 6.42. The average molecular weight is 1560 g/mol. The van der Waals surface area contributed by atoms with Crippen LogP contribution in [0.5, 0.6) is 0 Å². The lowest BCUT2D eigenvalue weighted by atomic mass is 10.0. The van der Waals surface area contributed by atoms with E-state index in [-0.39, 0.29) is 53.5 Å². The minimum Gasteiger partial charge on any atom is -0.475 e.